The fourth-order valence-electron chi connectivity index (χ4n) is 1.90. The minimum Gasteiger partial charge on any atom is -0.377 e. The van der Waals surface area contributed by atoms with E-state index in [-0.39, 0.29) is 5.82 Å². The van der Waals surface area contributed by atoms with Gasteiger partial charge in [0.1, 0.15) is 6.20 Å². The van der Waals surface area contributed by atoms with Crippen LogP contribution in [0.3, 0.4) is 0 Å². The Bertz CT molecular complexity index is 359. The van der Waals surface area contributed by atoms with Gasteiger partial charge in [0.15, 0.2) is 5.69 Å². The van der Waals surface area contributed by atoms with Gasteiger partial charge in [-0.25, -0.2) is 0 Å². The van der Waals surface area contributed by atoms with E-state index in [0.29, 0.717) is 11.6 Å². The molecule has 0 amide bonds. The second-order valence-electron chi connectivity index (χ2n) is 3.98. The fourth-order valence-corrected chi connectivity index (χ4v) is 1.90. The summed E-state index contributed by atoms with van der Waals surface area (Å²) in [4.78, 5) is 10.2. The maximum atomic E-state index is 10.6. The van der Waals surface area contributed by atoms with Crippen LogP contribution in [0.25, 0.3) is 0 Å². The summed E-state index contributed by atoms with van der Waals surface area (Å²) in [5, 5.41) is 23.0. The Morgan fingerprint density at radius 1 is 1.69 bits per heavy atom. The first-order valence-electron chi connectivity index (χ1n) is 5.39. The Hall–Kier alpha value is -1.63. The van der Waals surface area contributed by atoms with Crippen LogP contribution in [-0.2, 0) is 0 Å². The molecule has 1 aromatic rings. The molecule has 1 saturated heterocycles. The average molecular weight is 225 g/mol. The molecule has 88 valence electrons. The van der Waals surface area contributed by atoms with Crippen molar-refractivity contribution in [2.75, 3.05) is 25.0 Å². The van der Waals surface area contributed by atoms with Gasteiger partial charge < -0.3 is 20.7 Å². The van der Waals surface area contributed by atoms with Gasteiger partial charge in [-0.05, 0) is 36.8 Å². The zero-order chi connectivity index (χ0) is 11.4. The molecule has 1 atom stereocenters. The van der Waals surface area contributed by atoms with Crippen LogP contribution in [0.4, 0.5) is 11.5 Å². The van der Waals surface area contributed by atoms with Gasteiger partial charge in [0, 0.05) is 6.54 Å². The number of aromatic nitrogens is 2. The van der Waals surface area contributed by atoms with E-state index in [0.717, 1.165) is 26.1 Å². The van der Waals surface area contributed by atoms with E-state index >= 15 is 0 Å². The fraction of sp³-hybridized carbons (Fsp3) is 0.667. The van der Waals surface area contributed by atoms with E-state index in [1.807, 2.05) is 0 Å². The van der Waals surface area contributed by atoms with E-state index in [4.69, 9.17) is 0 Å². The van der Waals surface area contributed by atoms with E-state index in [1.165, 1.54) is 12.6 Å². The number of aromatic amines is 1. The minimum atomic E-state index is -0.464. The molecule has 0 spiro atoms. The molecule has 2 rings (SSSR count). The Morgan fingerprint density at radius 3 is 3.25 bits per heavy atom. The SMILES string of the molecule is O=[N+]([O-])c1[nH]ncc1NCC1CCCNC1. The van der Waals surface area contributed by atoms with Gasteiger partial charge in [0.25, 0.3) is 0 Å². The first-order valence-corrected chi connectivity index (χ1v) is 5.39. The van der Waals surface area contributed by atoms with Crippen LogP contribution in [-0.4, -0.2) is 34.8 Å². The molecule has 0 saturated carbocycles. The highest BCUT2D eigenvalue weighted by Crippen LogP contribution is 2.20. The molecule has 1 fully saturated rings. The molecule has 1 aromatic heterocycles. The van der Waals surface area contributed by atoms with Crippen molar-refractivity contribution in [3.63, 3.8) is 0 Å². The first kappa shape index (κ1) is 10.9. The number of rotatable bonds is 4. The monoisotopic (exact) mass is 225 g/mol. The molecule has 0 aromatic carbocycles. The standard InChI is InChI=1S/C9H15N5O2/c15-14(16)9-8(6-12-13-9)11-5-7-2-1-3-10-4-7/h6-7,10-11H,1-5H2,(H,12,13). The Labute approximate surface area is 92.8 Å². The van der Waals surface area contributed by atoms with Crippen molar-refractivity contribution in [2.24, 2.45) is 5.92 Å². The number of nitrogens with one attached hydrogen (secondary N) is 3. The van der Waals surface area contributed by atoms with Crippen molar-refractivity contribution in [3.05, 3.63) is 16.3 Å². The summed E-state index contributed by atoms with van der Waals surface area (Å²) in [5.74, 6) is 0.465. The first-order chi connectivity index (χ1) is 7.77. The topological polar surface area (TPSA) is 95.9 Å². The normalized spacial score (nSPS) is 20.6. The number of nitrogens with zero attached hydrogens (tertiary/aromatic N) is 2. The molecule has 3 N–H and O–H groups in total. The number of hydrogen-bond acceptors (Lipinski definition) is 5. The predicted molar refractivity (Wildman–Crippen MR) is 59.3 cm³/mol. The second-order valence-corrected chi connectivity index (χ2v) is 3.98. The van der Waals surface area contributed by atoms with Gasteiger partial charge in [0.05, 0.1) is 0 Å². The summed E-state index contributed by atoms with van der Waals surface area (Å²) in [6.07, 6.45) is 3.78. The molecular formula is C9H15N5O2. The molecular weight excluding hydrogens is 210 g/mol. The van der Waals surface area contributed by atoms with Gasteiger partial charge in [-0.3, -0.25) is 0 Å². The molecule has 7 nitrogen and oxygen atoms in total. The Morgan fingerprint density at radius 2 is 2.56 bits per heavy atom. The lowest BCUT2D eigenvalue weighted by Crippen LogP contribution is -2.33. The van der Waals surface area contributed by atoms with Crippen LogP contribution in [0, 0.1) is 16.0 Å². The number of anilines is 1. The molecule has 1 aliphatic rings. The zero-order valence-electron chi connectivity index (χ0n) is 8.90. The number of piperidine rings is 1. The summed E-state index contributed by atoms with van der Waals surface area (Å²) >= 11 is 0. The lowest BCUT2D eigenvalue weighted by Gasteiger charge is -2.22. The predicted octanol–water partition coefficient (Wildman–Crippen LogP) is 0.729. The number of nitro groups is 1. The summed E-state index contributed by atoms with van der Waals surface area (Å²) < 4.78 is 0. The molecule has 0 radical (unpaired) electrons. The molecule has 0 aliphatic carbocycles. The van der Waals surface area contributed by atoms with Crippen LogP contribution in [0.5, 0.6) is 0 Å². The highest BCUT2D eigenvalue weighted by Gasteiger charge is 2.17. The van der Waals surface area contributed by atoms with Gasteiger partial charge in [-0.15, -0.1) is 5.10 Å². The quantitative estimate of drug-likeness (QED) is 0.518. The van der Waals surface area contributed by atoms with Crippen molar-refractivity contribution < 1.29 is 4.92 Å². The average Bonchev–Trinajstić information content (AvgIpc) is 2.76. The lowest BCUT2D eigenvalue weighted by atomic mass is 10.00. The highest BCUT2D eigenvalue weighted by atomic mass is 16.6. The summed E-state index contributed by atoms with van der Waals surface area (Å²) in [6, 6.07) is 0. The highest BCUT2D eigenvalue weighted by molar-refractivity contribution is 5.55. The number of H-pyrrole nitrogens is 1. The Kier molecular flexibility index (Phi) is 3.35. The van der Waals surface area contributed by atoms with Crippen LogP contribution in [0.15, 0.2) is 6.20 Å². The third-order valence-electron chi connectivity index (χ3n) is 2.78. The maximum Gasteiger partial charge on any atom is 0.366 e. The van der Waals surface area contributed by atoms with Gasteiger partial charge in [-0.2, -0.15) is 0 Å². The number of hydrogen-bond donors (Lipinski definition) is 3. The minimum absolute atomic E-state index is 0.0660. The third-order valence-corrected chi connectivity index (χ3v) is 2.78. The largest absolute Gasteiger partial charge is 0.377 e. The van der Waals surface area contributed by atoms with Crippen LogP contribution in [0.2, 0.25) is 0 Å². The lowest BCUT2D eigenvalue weighted by molar-refractivity contribution is -0.388. The van der Waals surface area contributed by atoms with Crippen molar-refractivity contribution in [2.45, 2.75) is 12.8 Å². The summed E-state index contributed by atoms with van der Waals surface area (Å²) in [7, 11) is 0. The van der Waals surface area contributed by atoms with E-state index in [1.54, 1.807) is 0 Å². The van der Waals surface area contributed by atoms with Gasteiger partial charge in [-0.1, -0.05) is 5.10 Å². The zero-order valence-corrected chi connectivity index (χ0v) is 8.90. The maximum absolute atomic E-state index is 10.6. The molecule has 0 bridgehead atoms. The summed E-state index contributed by atoms with van der Waals surface area (Å²) in [5.41, 5.74) is 0.468. The molecule has 16 heavy (non-hydrogen) atoms. The van der Waals surface area contributed by atoms with Gasteiger partial charge >= 0.3 is 5.82 Å². The van der Waals surface area contributed by atoms with Crippen LogP contribution >= 0.6 is 0 Å². The van der Waals surface area contributed by atoms with E-state index in [2.05, 4.69) is 20.8 Å². The summed E-state index contributed by atoms with van der Waals surface area (Å²) in [6.45, 7) is 2.79. The van der Waals surface area contributed by atoms with Crippen molar-refractivity contribution >= 4 is 11.5 Å². The van der Waals surface area contributed by atoms with Crippen LogP contribution < -0.4 is 10.6 Å². The molecule has 7 heteroatoms. The van der Waals surface area contributed by atoms with E-state index < -0.39 is 4.92 Å². The van der Waals surface area contributed by atoms with Crippen molar-refractivity contribution in [1.82, 2.24) is 15.5 Å². The van der Waals surface area contributed by atoms with Crippen molar-refractivity contribution in [1.29, 1.82) is 0 Å². The van der Waals surface area contributed by atoms with Crippen LogP contribution in [0.1, 0.15) is 12.8 Å². The van der Waals surface area contributed by atoms with Crippen molar-refractivity contribution in [3.8, 4) is 0 Å². The van der Waals surface area contributed by atoms with E-state index in [9.17, 15) is 10.1 Å². The second kappa shape index (κ2) is 4.93. The molecule has 2 heterocycles. The molecule has 1 aliphatic heterocycles. The molecule has 1 unspecified atom stereocenters. The smallest absolute Gasteiger partial charge is 0.366 e. The van der Waals surface area contributed by atoms with Gasteiger partial charge in [0.2, 0.25) is 0 Å². The Balaban J connectivity index is 1.88. The third kappa shape index (κ3) is 2.48.